The number of nitrogens with one attached hydrogen (secondary N) is 2. The van der Waals surface area contributed by atoms with E-state index >= 15 is 0 Å². The summed E-state index contributed by atoms with van der Waals surface area (Å²) >= 11 is 1.50. The molecule has 0 atom stereocenters. The van der Waals surface area contributed by atoms with E-state index in [9.17, 15) is 14.4 Å². The summed E-state index contributed by atoms with van der Waals surface area (Å²) in [6.45, 7) is 2.85. The van der Waals surface area contributed by atoms with E-state index < -0.39 is 5.54 Å². The predicted octanol–water partition coefficient (Wildman–Crippen LogP) is 2.29. The first-order valence-corrected chi connectivity index (χ1v) is 9.38. The van der Waals surface area contributed by atoms with Gasteiger partial charge in [0.25, 0.3) is 11.8 Å². The lowest BCUT2D eigenvalue weighted by Gasteiger charge is -2.20. The summed E-state index contributed by atoms with van der Waals surface area (Å²) in [5.41, 5.74) is -0.645. The first kappa shape index (κ1) is 17.0. The van der Waals surface area contributed by atoms with Crippen molar-refractivity contribution in [2.75, 3.05) is 13.1 Å². The molecule has 0 unspecified atom stereocenters. The number of urea groups is 1. The molecule has 2 aliphatic rings. The van der Waals surface area contributed by atoms with Crippen molar-refractivity contribution >= 4 is 29.2 Å². The average Bonchev–Trinajstić information content (AvgIpc) is 3.27. The number of hydrogen-bond donors (Lipinski definition) is 2. The molecule has 1 spiro atoms. The number of carbonyl (C=O) groups excluding carboxylic acids is 3. The lowest BCUT2D eigenvalue weighted by Crippen LogP contribution is -2.44. The van der Waals surface area contributed by atoms with Gasteiger partial charge in [-0.25, -0.2) is 4.79 Å². The summed E-state index contributed by atoms with van der Waals surface area (Å²) in [5.74, 6) is -0.189. The van der Waals surface area contributed by atoms with Crippen LogP contribution in [0.1, 0.15) is 53.6 Å². The van der Waals surface area contributed by atoms with Gasteiger partial charge in [-0.1, -0.05) is 19.8 Å². The lowest BCUT2D eigenvalue weighted by molar-refractivity contribution is -0.131. The first-order chi connectivity index (χ1) is 11.6. The van der Waals surface area contributed by atoms with Crippen LogP contribution in [0, 0.1) is 0 Å². The molecule has 0 radical (unpaired) electrons. The zero-order valence-corrected chi connectivity index (χ0v) is 14.7. The molecule has 3 rings (SSSR count). The Labute approximate surface area is 145 Å². The highest BCUT2D eigenvalue weighted by Gasteiger charge is 2.51. The molecule has 1 saturated heterocycles. The van der Waals surface area contributed by atoms with Crippen molar-refractivity contribution in [2.24, 2.45) is 0 Å². The Kier molecular flexibility index (Phi) is 4.89. The van der Waals surface area contributed by atoms with Gasteiger partial charge in [0.1, 0.15) is 5.54 Å². The van der Waals surface area contributed by atoms with E-state index in [1.807, 2.05) is 12.1 Å². The third kappa shape index (κ3) is 3.17. The molecule has 1 aliphatic heterocycles. The van der Waals surface area contributed by atoms with Gasteiger partial charge in [0.15, 0.2) is 0 Å². The fraction of sp³-hybridized carbons (Fsp3) is 0.588. The Morgan fingerprint density at radius 1 is 1.33 bits per heavy atom. The standard InChI is InChI=1S/C17H23N3O3S/c1-2-12-6-7-13(24-12)14(21)18-10-5-11-20-15(22)17(19-16(20)23)8-3-4-9-17/h6-7H,2-5,8-11H2,1H3,(H,18,21)(H,19,23). The quantitative estimate of drug-likeness (QED) is 0.611. The maximum Gasteiger partial charge on any atom is 0.325 e. The highest BCUT2D eigenvalue weighted by molar-refractivity contribution is 7.14. The SMILES string of the molecule is CCc1ccc(C(=O)NCCCN2C(=O)NC3(CCCC3)C2=O)s1. The molecule has 1 saturated carbocycles. The van der Waals surface area contributed by atoms with E-state index in [-0.39, 0.29) is 17.8 Å². The second-order valence-electron chi connectivity index (χ2n) is 6.41. The van der Waals surface area contributed by atoms with E-state index in [1.54, 1.807) is 0 Å². The number of hydrogen-bond acceptors (Lipinski definition) is 4. The normalized spacial score (nSPS) is 19.1. The van der Waals surface area contributed by atoms with Crippen molar-refractivity contribution < 1.29 is 14.4 Å². The van der Waals surface area contributed by atoms with Crippen LogP contribution >= 0.6 is 11.3 Å². The number of amides is 4. The van der Waals surface area contributed by atoms with Gasteiger partial charge in [0, 0.05) is 18.0 Å². The third-order valence-electron chi connectivity index (χ3n) is 4.78. The van der Waals surface area contributed by atoms with Crippen LogP contribution in [-0.2, 0) is 11.2 Å². The molecule has 0 aromatic carbocycles. The molecule has 4 amide bonds. The molecule has 24 heavy (non-hydrogen) atoms. The van der Waals surface area contributed by atoms with Crippen LogP contribution in [0.25, 0.3) is 0 Å². The number of thiophene rings is 1. The van der Waals surface area contributed by atoms with Gasteiger partial charge in [-0.15, -0.1) is 11.3 Å². The zero-order chi connectivity index (χ0) is 17.2. The summed E-state index contributed by atoms with van der Waals surface area (Å²) in [7, 11) is 0. The smallest absolute Gasteiger partial charge is 0.325 e. The second-order valence-corrected chi connectivity index (χ2v) is 7.57. The molecular weight excluding hydrogens is 326 g/mol. The molecule has 1 aromatic rings. The summed E-state index contributed by atoms with van der Waals surface area (Å²) < 4.78 is 0. The van der Waals surface area contributed by atoms with E-state index in [2.05, 4.69) is 17.6 Å². The Morgan fingerprint density at radius 2 is 2.08 bits per heavy atom. The van der Waals surface area contributed by atoms with Gasteiger partial charge in [0.05, 0.1) is 4.88 Å². The second kappa shape index (κ2) is 6.93. The summed E-state index contributed by atoms with van der Waals surface area (Å²) in [5, 5.41) is 5.72. The minimum Gasteiger partial charge on any atom is -0.351 e. The van der Waals surface area contributed by atoms with Gasteiger partial charge in [-0.3, -0.25) is 14.5 Å². The monoisotopic (exact) mass is 349 g/mol. The van der Waals surface area contributed by atoms with Crippen molar-refractivity contribution in [2.45, 2.75) is 51.0 Å². The number of carbonyl (C=O) groups is 3. The maximum atomic E-state index is 12.5. The van der Waals surface area contributed by atoms with Crippen LogP contribution in [0.5, 0.6) is 0 Å². The van der Waals surface area contributed by atoms with Crippen LogP contribution in [-0.4, -0.2) is 41.4 Å². The fourth-order valence-corrected chi connectivity index (χ4v) is 4.28. The van der Waals surface area contributed by atoms with Gasteiger partial charge in [0.2, 0.25) is 0 Å². The molecule has 2 N–H and O–H groups in total. The minimum absolute atomic E-state index is 0.0934. The Bertz CT molecular complexity index is 649. The van der Waals surface area contributed by atoms with Gasteiger partial charge in [-0.05, 0) is 37.8 Å². The number of nitrogens with zero attached hydrogens (tertiary/aromatic N) is 1. The molecule has 7 heteroatoms. The molecule has 0 bridgehead atoms. The minimum atomic E-state index is -0.645. The lowest BCUT2D eigenvalue weighted by atomic mass is 9.98. The Hall–Kier alpha value is -1.89. The number of aryl methyl sites for hydroxylation is 1. The van der Waals surface area contributed by atoms with Crippen molar-refractivity contribution in [1.29, 1.82) is 0 Å². The van der Waals surface area contributed by atoms with Crippen molar-refractivity contribution in [1.82, 2.24) is 15.5 Å². The number of imide groups is 1. The van der Waals surface area contributed by atoms with E-state index in [0.717, 1.165) is 32.1 Å². The Balaban J connectivity index is 1.45. The average molecular weight is 349 g/mol. The summed E-state index contributed by atoms with van der Waals surface area (Å²) in [6.07, 6.45) is 4.93. The van der Waals surface area contributed by atoms with Crippen LogP contribution in [0.4, 0.5) is 4.79 Å². The summed E-state index contributed by atoms with van der Waals surface area (Å²) in [4.78, 5) is 39.7. The highest BCUT2D eigenvalue weighted by Crippen LogP contribution is 2.34. The first-order valence-electron chi connectivity index (χ1n) is 8.57. The van der Waals surface area contributed by atoms with Crippen LogP contribution in [0.15, 0.2) is 12.1 Å². The van der Waals surface area contributed by atoms with Gasteiger partial charge < -0.3 is 10.6 Å². The van der Waals surface area contributed by atoms with Crippen molar-refractivity contribution in [3.63, 3.8) is 0 Å². The Morgan fingerprint density at radius 3 is 2.75 bits per heavy atom. The molecule has 2 fully saturated rings. The van der Waals surface area contributed by atoms with E-state index in [4.69, 9.17) is 0 Å². The van der Waals surface area contributed by atoms with Gasteiger partial charge >= 0.3 is 6.03 Å². The van der Waals surface area contributed by atoms with Crippen LogP contribution in [0.3, 0.4) is 0 Å². The van der Waals surface area contributed by atoms with Gasteiger partial charge in [-0.2, -0.15) is 0 Å². The largest absolute Gasteiger partial charge is 0.351 e. The molecule has 1 aromatic heterocycles. The third-order valence-corrected chi connectivity index (χ3v) is 6.01. The number of rotatable bonds is 6. The van der Waals surface area contributed by atoms with Crippen molar-refractivity contribution in [3.05, 3.63) is 21.9 Å². The topological polar surface area (TPSA) is 78.5 Å². The molecular formula is C17H23N3O3S. The van der Waals surface area contributed by atoms with Crippen LogP contribution < -0.4 is 10.6 Å². The highest BCUT2D eigenvalue weighted by atomic mass is 32.1. The molecule has 6 nitrogen and oxygen atoms in total. The molecule has 1 aliphatic carbocycles. The van der Waals surface area contributed by atoms with E-state index in [0.29, 0.717) is 24.4 Å². The fourth-order valence-electron chi connectivity index (χ4n) is 3.41. The maximum absolute atomic E-state index is 12.5. The van der Waals surface area contributed by atoms with Crippen LogP contribution in [0.2, 0.25) is 0 Å². The molecule has 130 valence electrons. The molecule has 2 heterocycles. The zero-order valence-electron chi connectivity index (χ0n) is 13.9. The predicted molar refractivity (Wildman–Crippen MR) is 92.1 cm³/mol. The summed E-state index contributed by atoms with van der Waals surface area (Å²) in [6, 6.07) is 3.51. The van der Waals surface area contributed by atoms with E-state index in [1.165, 1.54) is 21.1 Å². The van der Waals surface area contributed by atoms with Crippen molar-refractivity contribution in [3.8, 4) is 0 Å².